The first kappa shape index (κ1) is 15.7. The molecule has 112 valence electrons. The van der Waals surface area contributed by atoms with Crippen molar-refractivity contribution in [2.24, 2.45) is 0 Å². The molecule has 0 unspecified atom stereocenters. The van der Waals surface area contributed by atoms with Crippen LogP contribution in [0.4, 0.5) is 4.39 Å². The van der Waals surface area contributed by atoms with Crippen molar-refractivity contribution in [2.75, 3.05) is 13.2 Å². The van der Waals surface area contributed by atoms with E-state index < -0.39 is 15.8 Å². The summed E-state index contributed by atoms with van der Waals surface area (Å²) >= 11 is 5.65. The van der Waals surface area contributed by atoms with Gasteiger partial charge in [-0.25, -0.2) is 12.8 Å². The van der Waals surface area contributed by atoms with Crippen LogP contribution in [0.2, 0.25) is 5.02 Å². The zero-order chi connectivity index (χ0) is 14.8. The molecule has 0 heterocycles. The quantitative estimate of drug-likeness (QED) is 0.906. The highest BCUT2D eigenvalue weighted by Gasteiger charge is 2.34. The number of hydrogen-bond acceptors (Lipinski definition) is 3. The third-order valence-corrected chi connectivity index (χ3v) is 5.75. The molecule has 0 aromatic heterocycles. The van der Waals surface area contributed by atoms with Crippen molar-refractivity contribution >= 4 is 21.6 Å². The van der Waals surface area contributed by atoms with Crippen LogP contribution in [0.1, 0.15) is 25.7 Å². The molecule has 0 saturated heterocycles. The van der Waals surface area contributed by atoms with E-state index in [2.05, 4.69) is 0 Å². The second kappa shape index (κ2) is 6.39. The number of rotatable bonds is 5. The maximum absolute atomic E-state index is 13.9. The first-order chi connectivity index (χ1) is 9.46. The minimum Gasteiger partial charge on any atom is -0.395 e. The van der Waals surface area contributed by atoms with Crippen LogP contribution in [0.25, 0.3) is 0 Å². The summed E-state index contributed by atoms with van der Waals surface area (Å²) in [5.41, 5.74) is 0. The Morgan fingerprint density at radius 2 is 2.00 bits per heavy atom. The minimum absolute atomic E-state index is 0.0188. The van der Waals surface area contributed by atoms with Crippen molar-refractivity contribution < 1.29 is 17.9 Å². The monoisotopic (exact) mass is 321 g/mol. The lowest BCUT2D eigenvalue weighted by Gasteiger charge is -2.27. The van der Waals surface area contributed by atoms with E-state index in [0.717, 1.165) is 31.7 Å². The van der Waals surface area contributed by atoms with Gasteiger partial charge in [0.2, 0.25) is 10.0 Å². The Kier molecular flexibility index (Phi) is 5.01. The fourth-order valence-corrected chi connectivity index (χ4v) is 4.48. The summed E-state index contributed by atoms with van der Waals surface area (Å²) in [6, 6.07) is 3.35. The Hall–Kier alpha value is -0.690. The zero-order valence-corrected chi connectivity index (χ0v) is 12.5. The third kappa shape index (κ3) is 3.14. The number of aliphatic hydroxyl groups excluding tert-OH is 1. The number of aliphatic hydroxyl groups is 1. The Morgan fingerprint density at radius 3 is 2.55 bits per heavy atom. The third-order valence-electron chi connectivity index (χ3n) is 3.53. The molecule has 1 aliphatic rings. The van der Waals surface area contributed by atoms with Crippen LogP contribution in [-0.4, -0.2) is 37.0 Å². The van der Waals surface area contributed by atoms with E-state index in [1.54, 1.807) is 0 Å². The lowest BCUT2D eigenvalue weighted by atomic mass is 10.2. The van der Waals surface area contributed by atoms with Crippen LogP contribution >= 0.6 is 11.6 Å². The Labute approximate surface area is 123 Å². The Balaban J connectivity index is 2.39. The van der Waals surface area contributed by atoms with Crippen molar-refractivity contribution in [3.05, 3.63) is 29.0 Å². The molecular weight excluding hydrogens is 305 g/mol. The number of sulfonamides is 1. The summed E-state index contributed by atoms with van der Waals surface area (Å²) in [6.07, 6.45) is 3.39. The smallest absolute Gasteiger partial charge is 0.246 e. The highest BCUT2D eigenvalue weighted by molar-refractivity contribution is 7.89. The van der Waals surface area contributed by atoms with Crippen LogP contribution in [0.3, 0.4) is 0 Å². The molecule has 2 rings (SSSR count). The number of benzene rings is 1. The van der Waals surface area contributed by atoms with E-state index in [4.69, 9.17) is 16.7 Å². The van der Waals surface area contributed by atoms with Gasteiger partial charge < -0.3 is 5.11 Å². The molecule has 0 amide bonds. The number of hydrogen-bond donors (Lipinski definition) is 1. The topological polar surface area (TPSA) is 57.6 Å². The van der Waals surface area contributed by atoms with Gasteiger partial charge in [0, 0.05) is 17.6 Å². The summed E-state index contributed by atoms with van der Waals surface area (Å²) < 4.78 is 40.2. The highest BCUT2D eigenvalue weighted by Crippen LogP contribution is 2.30. The second-order valence-corrected chi connectivity index (χ2v) is 7.15. The van der Waals surface area contributed by atoms with Gasteiger partial charge in [0.25, 0.3) is 0 Å². The van der Waals surface area contributed by atoms with Crippen molar-refractivity contribution in [1.82, 2.24) is 4.31 Å². The van der Waals surface area contributed by atoms with Gasteiger partial charge in [-0.2, -0.15) is 4.31 Å². The molecular formula is C13H17ClFNO3S. The molecule has 20 heavy (non-hydrogen) atoms. The minimum atomic E-state index is -3.95. The first-order valence-electron chi connectivity index (χ1n) is 6.54. The molecule has 0 spiro atoms. The molecule has 1 N–H and O–H groups in total. The molecule has 0 radical (unpaired) electrons. The normalized spacial score (nSPS) is 17.0. The molecule has 1 saturated carbocycles. The van der Waals surface area contributed by atoms with Crippen molar-refractivity contribution in [3.63, 3.8) is 0 Å². The Morgan fingerprint density at radius 1 is 1.35 bits per heavy atom. The predicted molar refractivity (Wildman–Crippen MR) is 74.6 cm³/mol. The molecule has 1 aliphatic carbocycles. The van der Waals surface area contributed by atoms with E-state index in [9.17, 15) is 12.8 Å². The van der Waals surface area contributed by atoms with Crippen molar-refractivity contribution in [2.45, 2.75) is 36.6 Å². The summed E-state index contributed by atoms with van der Waals surface area (Å²) in [7, 11) is -3.95. The first-order valence-corrected chi connectivity index (χ1v) is 8.36. The van der Waals surface area contributed by atoms with Gasteiger partial charge in [-0.1, -0.05) is 24.4 Å². The molecule has 0 aliphatic heterocycles. The predicted octanol–water partition coefficient (Wildman–Crippen LogP) is 2.40. The van der Waals surface area contributed by atoms with Gasteiger partial charge in [0.1, 0.15) is 10.7 Å². The summed E-state index contributed by atoms with van der Waals surface area (Å²) in [4.78, 5) is -0.387. The SMILES string of the molecule is O=S(=O)(c1ccc(Cl)cc1F)N(CCO)C1CCCC1. The second-order valence-electron chi connectivity index (χ2n) is 4.85. The van der Waals surface area contributed by atoms with Crippen LogP contribution in [0.5, 0.6) is 0 Å². The van der Waals surface area contributed by atoms with Crippen LogP contribution in [-0.2, 0) is 10.0 Å². The van der Waals surface area contributed by atoms with Gasteiger partial charge >= 0.3 is 0 Å². The van der Waals surface area contributed by atoms with E-state index in [-0.39, 0.29) is 29.1 Å². The molecule has 1 aromatic rings. The largest absolute Gasteiger partial charge is 0.395 e. The average Bonchev–Trinajstić information content (AvgIpc) is 2.88. The molecule has 1 aromatic carbocycles. The van der Waals surface area contributed by atoms with Gasteiger partial charge in [-0.05, 0) is 31.0 Å². The maximum atomic E-state index is 13.9. The summed E-state index contributed by atoms with van der Waals surface area (Å²) in [5, 5.41) is 9.25. The van der Waals surface area contributed by atoms with Crippen LogP contribution in [0.15, 0.2) is 23.1 Å². The number of nitrogens with zero attached hydrogens (tertiary/aromatic N) is 1. The summed E-state index contributed by atoms with van der Waals surface area (Å²) in [5.74, 6) is -0.863. The fourth-order valence-electron chi connectivity index (χ4n) is 2.60. The van der Waals surface area contributed by atoms with E-state index in [0.29, 0.717) is 0 Å². The standard InChI is InChI=1S/C13H17ClFNO3S/c14-10-5-6-13(12(15)9-10)20(18,19)16(7-8-17)11-3-1-2-4-11/h5-6,9,11,17H,1-4,7-8H2. The highest BCUT2D eigenvalue weighted by atomic mass is 35.5. The molecule has 0 atom stereocenters. The van der Waals surface area contributed by atoms with E-state index >= 15 is 0 Å². The maximum Gasteiger partial charge on any atom is 0.246 e. The van der Waals surface area contributed by atoms with E-state index in [1.807, 2.05) is 0 Å². The Bertz CT molecular complexity index is 573. The summed E-state index contributed by atoms with van der Waals surface area (Å²) in [6.45, 7) is -0.306. The van der Waals surface area contributed by atoms with Gasteiger partial charge in [-0.3, -0.25) is 0 Å². The molecule has 4 nitrogen and oxygen atoms in total. The van der Waals surface area contributed by atoms with E-state index in [1.165, 1.54) is 16.4 Å². The molecule has 0 bridgehead atoms. The molecule has 1 fully saturated rings. The fraction of sp³-hybridized carbons (Fsp3) is 0.538. The molecule has 7 heteroatoms. The lowest BCUT2D eigenvalue weighted by Crippen LogP contribution is -2.41. The van der Waals surface area contributed by atoms with Crippen LogP contribution in [0, 0.1) is 5.82 Å². The van der Waals surface area contributed by atoms with Gasteiger partial charge in [-0.15, -0.1) is 0 Å². The average molecular weight is 322 g/mol. The lowest BCUT2D eigenvalue weighted by molar-refractivity contribution is 0.226. The van der Waals surface area contributed by atoms with Crippen molar-refractivity contribution in [3.8, 4) is 0 Å². The van der Waals surface area contributed by atoms with Crippen LogP contribution < -0.4 is 0 Å². The van der Waals surface area contributed by atoms with Gasteiger partial charge in [0.05, 0.1) is 6.61 Å². The zero-order valence-electron chi connectivity index (χ0n) is 10.9. The van der Waals surface area contributed by atoms with Crippen molar-refractivity contribution in [1.29, 1.82) is 0 Å². The van der Waals surface area contributed by atoms with Gasteiger partial charge in [0.15, 0.2) is 0 Å². The number of halogens is 2.